The van der Waals surface area contributed by atoms with Gasteiger partial charge in [0.05, 0.1) is 6.10 Å². The Labute approximate surface area is 201 Å². The van der Waals surface area contributed by atoms with E-state index in [1.54, 1.807) is 5.57 Å². The molecule has 1 N–H and O–H groups in total. The van der Waals surface area contributed by atoms with Crippen LogP contribution >= 0.6 is 0 Å². The molecule has 4 rings (SSSR count). The molecule has 0 aliphatic heterocycles. The average molecular weight is 477 g/mol. The van der Waals surface area contributed by atoms with Crippen LogP contribution in [0.25, 0.3) is 0 Å². The van der Waals surface area contributed by atoms with Crippen molar-refractivity contribution in [3.63, 3.8) is 0 Å². The first-order chi connectivity index (χ1) is 15.3. The summed E-state index contributed by atoms with van der Waals surface area (Å²) in [5, 5.41) is 0. The summed E-state index contributed by atoms with van der Waals surface area (Å²) in [5.41, 5.74) is 3.40. The van der Waals surface area contributed by atoms with E-state index in [0.717, 1.165) is 12.3 Å². The first-order valence-corrected chi connectivity index (χ1v) is 14.5. The lowest BCUT2D eigenvalue weighted by Gasteiger charge is -2.55. The summed E-state index contributed by atoms with van der Waals surface area (Å²) in [6, 6.07) is 0. The van der Waals surface area contributed by atoms with Crippen molar-refractivity contribution in [1.29, 1.82) is 0 Å². The zero-order chi connectivity index (χ0) is 24.2. The average Bonchev–Trinajstić information content (AvgIpc) is 3.08. The van der Waals surface area contributed by atoms with Crippen LogP contribution in [0, 0.1) is 46.3 Å². The molecule has 5 heteroatoms. The van der Waals surface area contributed by atoms with Crippen LogP contribution in [0.4, 0.5) is 0 Å². The van der Waals surface area contributed by atoms with E-state index >= 15 is 0 Å². The van der Waals surface area contributed by atoms with E-state index in [1.807, 2.05) is 0 Å². The van der Waals surface area contributed by atoms with Crippen LogP contribution in [0.5, 0.6) is 0 Å². The first-order valence-electron chi connectivity index (χ1n) is 13.1. The van der Waals surface area contributed by atoms with Crippen molar-refractivity contribution in [2.24, 2.45) is 46.3 Å². The fourth-order valence-electron chi connectivity index (χ4n) is 7.83. The highest BCUT2D eigenvalue weighted by molar-refractivity contribution is 7.80. The Morgan fingerprint density at radius 3 is 2.39 bits per heavy atom. The van der Waals surface area contributed by atoms with E-state index in [2.05, 4.69) is 65.8 Å². The van der Waals surface area contributed by atoms with Crippen LogP contribution in [-0.4, -0.2) is 19.1 Å². The minimum atomic E-state index is -4.40. The van der Waals surface area contributed by atoms with Gasteiger partial charge in [-0.15, -0.1) is 0 Å². The van der Waals surface area contributed by atoms with Crippen molar-refractivity contribution in [3.8, 4) is 0 Å². The summed E-state index contributed by atoms with van der Waals surface area (Å²) in [7, 11) is -4.40. The fraction of sp³-hybridized carbons (Fsp3) is 0.786. The van der Waals surface area contributed by atoms with E-state index in [0.29, 0.717) is 47.8 Å². The molecule has 0 amide bonds. The van der Waals surface area contributed by atoms with Gasteiger partial charge in [-0.05, 0) is 91.3 Å². The maximum atomic E-state index is 11.2. The number of fused-ring (bicyclic) bond motifs is 5. The van der Waals surface area contributed by atoms with Gasteiger partial charge in [0.25, 0.3) is 0 Å². The Hall–Kier alpha value is -0.910. The molecular weight excluding hydrogens is 432 g/mol. The maximum absolute atomic E-state index is 11.2. The highest BCUT2D eigenvalue weighted by Gasteiger charge is 2.57. The van der Waals surface area contributed by atoms with Crippen molar-refractivity contribution >= 4 is 10.4 Å². The van der Waals surface area contributed by atoms with Gasteiger partial charge in [-0.2, -0.15) is 8.42 Å². The predicted molar refractivity (Wildman–Crippen MR) is 134 cm³/mol. The van der Waals surface area contributed by atoms with Crippen LogP contribution in [0.3, 0.4) is 0 Å². The smallest absolute Gasteiger partial charge is 0.264 e. The summed E-state index contributed by atoms with van der Waals surface area (Å²) in [4.78, 5) is 0. The zero-order valence-electron chi connectivity index (χ0n) is 21.4. The largest absolute Gasteiger partial charge is 0.397 e. The lowest BCUT2D eigenvalue weighted by Crippen LogP contribution is -2.46. The minimum Gasteiger partial charge on any atom is -0.264 e. The van der Waals surface area contributed by atoms with Crippen molar-refractivity contribution < 1.29 is 17.2 Å². The Kier molecular flexibility index (Phi) is 6.83. The van der Waals surface area contributed by atoms with Crippen molar-refractivity contribution in [1.82, 2.24) is 0 Å². The van der Waals surface area contributed by atoms with Crippen molar-refractivity contribution in [2.75, 3.05) is 0 Å². The zero-order valence-corrected chi connectivity index (χ0v) is 22.2. The second-order valence-electron chi connectivity index (χ2n) is 12.3. The Bertz CT molecular complexity index is 945. The number of allylic oxidation sites excluding steroid dienone is 5. The summed E-state index contributed by atoms with van der Waals surface area (Å²) in [6.45, 7) is 14.3. The van der Waals surface area contributed by atoms with Gasteiger partial charge in [-0.3, -0.25) is 4.55 Å². The molecule has 0 spiro atoms. The van der Waals surface area contributed by atoms with Gasteiger partial charge in [0.1, 0.15) is 0 Å². The van der Waals surface area contributed by atoms with Gasteiger partial charge in [0.2, 0.25) is 0 Å². The third kappa shape index (κ3) is 4.67. The maximum Gasteiger partial charge on any atom is 0.397 e. The van der Waals surface area contributed by atoms with Gasteiger partial charge in [0.15, 0.2) is 0 Å². The minimum absolute atomic E-state index is 0.0841. The number of rotatable bonds is 6. The molecular formula is C28H44O4S. The molecule has 0 bridgehead atoms. The Balaban J connectivity index is 1.54. The molecule has 4 aliphatic carbocycles. The van der Waals surface area contributed by atoms with Gasteiger partial charge < -0.3 is 0 Å². The molecule has 0 heterocycles. The Morgan fingerprint density at radius 2 is 1.73 bits per heavy atom. The normalized spacial score (nSPS) is 40.6. The molecule has 3 fully saturated rings. The lowest BCUT2D eigenvalue weighted by molar-refractivity contribution is 0.0420. The molecule has 3 saturated carbocycles. The van der Waals surface area contributed by atoms with Gasteiger partial charge >= 0.3 is 10.4 Å². The molecule has 4 nitrogen and oxygen atoms in total. The van der Waals surface area contributed by atoms with Gasteiger partial charge in [0, 0.05) is 0 Å². The molecule has 186 valence electrons. The lowest BCUT2D eigenvalue weighted by atomic mass is 9.50. The molecule has 0 radical (unpaired) electrons. The topological polar surface area (TPSA) is 63.6 Å². The van der Waals surface area contributed by atoms with E-state index in [-0.39, 0.29) is 5.41 Å². The third-order valence-corrected chi connectivity index (χ3v) is 10.8. The van der Waals surface area contributed by atoms with Crippen LogP contribution in [-0.2, 0) is 14.6 Å². The third-order valence-electron chi connectivity index (χ3n) is 10.3. The van der Waals surface area contributed by atoms with Gasteiger partial charge in [-0.1, -0.05) is 77.0 Å². The fourth-order valence-corrected chi connectivity index (χ4v) is 8.34. The molecule has 8 atom stereocenters. The number of hydrogen-bond donors (Lipinski definition) is 1. The second-order valence-corrected chi connectivity index (χ2v) is 13.4. The Morgan fingerprint density at radius 1 is 1.00 bits per heavy atom. The molecule has 4 aliphatic rings. The SMILES string of the molecule is CC(C)C(C)/C=C\C(C)[C@H]1CC[C@H]2C3=CC=C4C[C@@H](OS(=O)(=O)O)CC[C@]4(C)[C@H]3CC[C@]12C. The van der Waals surface area contributed by atoms with E-state index in [4.69, 9.17) is 8.74 Å². The second kappa shape index (κ2) is 8.95. The standard InChI is InChI=1S/C28H44O4S/c1-18(2)19(3)7-8-20(4)24-11-12-25-23-10-9-21-17-22(32-33(29,30)31)13-15-27(21,5)26(23)14-16-28(24,25)6/h7-10,18-20,22,24-26H,11-17H2,1-6H3,(H,29,30,31)/b8-7-/t19?,20?,22-,24+,25-,26-,27-,28+/m0/s1. The van der Waals surface area contributed by atoms with Crippen molar-refractivity contribution in [3.05, 3.63) is 35.5 Å². The summed E-state index contributed by atoms with van der Waals surface area (Å²) in [6.07, 6.45) is 16.4. The molecule has 33 heavy (non-hydrogen) atoms. The van der Waals surface area contributed by atoms with Crippen LogP contribution in [0.1, 0.15) is 86.5 Å². The highest BCUT2D eigenvalue weighted by Crippen LogP contribution is 2.66. The van der Waals surface area contributed by atoms with E-state index in [1.165, 1.54) is 31.3 Å². The summed E-state index contributed by atoms with van der Waals surface area (Å²) < 4.78 is 36.5. The molecule has 0 aromatic carbocycles. The van der Waals surface area contributed by atoms with Crippen molar-refractivity contribution in [2.45, 2.75) is 92.6 Å². The van der Waals surface area contributed by atoms with Crippen LogP contribution < -0.4 is 0 Å². The van der Waals surface area contributed by atoms with Crippen LogP contribution in [0.15, 0.2) is 35.5 Å². The molecule has 0 aromatic rings. The molecule has 2 unspecified atom stereocenters. The summed E-state index contributed by atoms with van der Waals surface area (Å²) >= 11 is 0. The highest BCUT2D eigenvalue weighted by atomic mass is 32.3. The molecule has 0 saturated heterocycles. The van der Waals surface area contributed by atoms with Gasteiger partial charge in [-0.25, -0.2) is 4.18 Å². The molecule has 0 aromatic heterocycles. The summed E-state index contributed by atoms with van der Waals surface area (Å²) in [5.74, 6) is 3.85. The monoisotopic (exact) mass is 476 g/mol. The predicted octanol–water partition coefficient (Wildman–Crippen LogP) is 7.16. The van der Waals surface area contributed by atoms with E-state index < -0.39 is 16.5 Å². The first kappa shape index (κ1) is 25.2. The number of hydrogen-bond acceptors (Lipinski definition) is 3. The van der Waals surface area contributed by atoms with Crippen LogP contribution in [0.2, 0.25) is 0 Å². The quantitative estimate of drug-likeness (QED) is 0.326. The van der Waals surface area contributed by atoms with E-state index in [9.17, 15) is 8.42 Å².